The molecular formula is C31H52O2. The lowest BCUT2D eigenvalue weighted by Gasteiger charge is -2.58. The smallest absolute Gasteiger partial charge is 0.0689 e. The van der Waals surface area contributed by atoms with Crippen molar-refractivity contribution in [3.05, 3.63) is 23.3 Å². The molecule has 9 atom stereocenters. The Morgan fingerprint density at radius 3 is 2.42 bits per heavy atom. The Labute approximate surface area is 204 Å². The monoisotopic (exact) mass is 456 g/mol. The van der Waals surface area contributed by atoms with E-state index in [-0.39, 0.29) is 11.3 Å². The van der Waals surface area contributed by atoms with Crippen molar-refractivity contribution >= 4 is 0 Å². The molecule has 0 radical (unpaired) electrons. The molecule has 2 heteroatoms. The molecule has 4 aliphatic carbocycles. The van der Waals surface area contributed by atoms with Crippen LogP contribution in [0.4, 0.5) is 0 Å². The van der Waals surface area contributed by atoms with E-state index in [0.717, 1.165) is 43.4 Å². The van der Waals surface area contributed by atoms with Gasteiger partial charge in [-0.2, -0.15) is 0 Å². The first-order valence-electron chi connectivity index (χ1n) is 14.4. The van der Waals surface area contributed by atoms with Gasteiger partial charge in [0.1, 0.15) is 0 Å². The van der Waals surface area contributed by atoms with Crippen LogP contribution in [0.3, 0.4) is 0 Å². The summed E-state index contributed by atoms with van der Waals surface area (Å²) in [5, 5.41) is 22.6. The molecular weight excluding hydrogens is 404 g/mol. The minimum atomic E-state index is -0.427. The Balaban J connectivity index is 1.55. The van der Waals surface area contributed by atoms with Crippen molar-refractivity contribution in [2.45, 2.75) is 124 Å². The average Bonchev–Trinajstić information content (AvgIpc) is 3.12. The summed E-state index contributed by atoms with van der Waals surface area (Å²) < 4.78 is 0. The van der Waals surface area contributed by atoms with E-state index in [1.54, 1.807) is 5.57 Å². The standard InChI is InChI=1S/C31H52O2/c1-7-8-12-24-28(32)19-22-13-14-23-26-16-15-25(21(4)11-9-10-20(2)3)30(26,5)18-17-27(23)31(22,6)29(24)33/h13-14,20-21,24-29,32-33H,7-12,15-19H2,1-6H3/t21-,24+,25-,26+,27+,28-,29+,30-,31+/m1/s1. The van der Waals surface area contributed by atoms with E-state index in [9.17, 15) is 10.2 Å². The molecule has 0 bridgehead atoms. The second-order valence-electron chi connectivity index (χ2n) is 13.3. The van der Waals surface area contributed by atoms with Crippen LogP contribution in [-0.4, -0.2) is 22.4 Å². The molecule has 3 saturated carbocycles. The Bertz CT molecular complexity index is 750. The normalized spacial score (nSPS) is 43.4. The predicted molar refractivity (Wildman–Crippen MR) is 139 cm³/mol. The highest BCUT2D eigenvalue weighted by atomic mass is 16.3. The zero-order valence-corrected chi connectivity index (χ0v) is 22.4. The zero-order chi connectivity index (χ0) is 24.0. The molecule has 0 spiro atoms. The summed E-state index contributed by atoms with van der Waals surface area (Å²) in [4.78, 5) is 0. The number of hydrogen-bond acceptors (Lipinski definition) is 2. The molecule has 188 valence electrons. The fourth-order valence-corrected chi connectivity index (χ4v) is 9.00. The molecule has 3 fully saturated rings. The van der Waals surface area contributed by atoms with Gasteiger partial charge in [-0.1, -0.05) is 96.9 Å². The van der Waals surface area contributed by atoms with Crippen molar-refractivity contribution in [1.29, 1.82) is 0 Å². The van der Waals surface area contributed by atoms with Crippen LogP contribution in [0.2, 0.25) is 0 Å². The van der Waals surface area contributed by atoms with Crippen LogP contribution in [0.1, 0.15) is 112 Å². The summed E-state index contributed by atoms with van der Waals surface area (Å²) in [6, 6.07) is 0. The van der Waals surface area contributed by atoms with Crippen LogP contribution in [0.25, 0.3) is 0 Å². The Kier molecular flexibility index (Phi) is 7.57. The summed E-state index contributed by atoms with van der Waals surface area (Å²) in [7, 11) is 0. The van der Waals surface area contributed by atoms with E-state index >= 15 is 0 Å². The number of aliphatic hydroxyl groups is 2. The van der Waals surface area contributed by atoms with Gasteiger partial charge in [-0.25, -0.2) is 0 Å². The third-order valence-electron chi connectivity index (χ3n) is 11.0. The first-order valence-corrected chi connectivity index (χ1v) is 14.4. The maximum absolute atomic E-state index is 11.7. The van der Waals surface area contributed by atoms with Crippen LogP contribution in [0.15, 0.2) is 23.3 Å². The van der Waals surface area contributed by atoms with Gasteiger partial charge in [0.2, 0.25) is 0 Å². The Hall–Kier alpha value is -0.600. The van der Waals surface area contributed by atoms with Crippen LogP contribution in [-0.2, 0) is 0 Å². The van der Waals surface area contributed by atoms with Gasteiger partial charge < -0.3 is 10.2 Å². The first kappa shape index (κ1) is 25.5. The Morgan fingerprint density at radius 1 is 0.970 bits per heavy atom. The fourth-order valence-electron chi connectivity index (χ4n) is 9.00. The second kappa shape index (κ2) is 9.81. The van der Waals surface area contributed by atoms with Gasteiger partial charge in [0.05, 0.1) is 12.2 Å². The van der Waals surface area contributed by atoms with Gasteiger partial charge in [-0.05, 0) is 73.5 Å². The van der Waals surface area contributed by atoms with Gasteiger partial charge in [-0.3, -0.25) is 0 Å². The molecule has 0 saturated heterocycles. The highest BCUT2D eigenvalue weighted by Crippen LogP contribution is 2.66. The van der Waals surface area contributed by atoms with Crippen LogP contribution in [0, 0.1) is 46.3 Å². The Morgan fingerprint density at radius 2 is 1.73 bits per heavy atom. The summed E-state index contributed by atoms with van der Waals surface area (Å²) >= 11 is 0. The molecule has 4 rings (SSSR count). The number of rotatable bonds is 8. The fraction of sp³-hybridized carbons (Fsp3) is 0.871. The highest BCUT2D eigenvalue weighted by Gasteiger charge is 2.60. The SMILES string of the molecule is CCCC[C@H]1[C@H](O)CC2=CC=C3[C@@H]4CC[C@H]([C@H](C)CCCC(C)C)[C@@]4(C)CC[C@@H]3[C@@]2(C)[C@H]1O. The number of allylic oxidation sites excluding steroid dienone is 3. The molecule has 0 unspecified atom stereocenters. The first-order chi connectivity index (χ1) is 15.6. The van der Waals surface area contributed by atoms with Gasteiger partial charge in [-0.15, -0.1) is 0 Å². The molecule has 0 aromatic heterocycles. The third kappa shape index (κ3) is 4.31. The average molecular weight is 457 g/mol. The summed E-state index contributed by atoms with van der Waals surface area (Å²) in [5.41, 5.74) is 3.19. The largest absolute Gasteiger partial charge is 0.392 e. The van der Waals surface area contributed by atoms with E-state index in [4.69, 9.17) is 0 Å². The van der Waals surface area contributed by atoms with E-state index in [1.165, 1.54) is 50.5 Å². The van der Waals surface area contributed by atoms with Crippen molar-refractivity contribution in [1.82, 2.24) is 0 Å². The summed E-state index contributed by atoms with van der Waals surface area (Å²) in [6.45, 7) is 14.4. The van der Waals surface area contributed by atoms with Gasteiger partial charge >= 0.3 is 0 Å². The lowest BCUT2D eigenvalue weighted by molar-refractivity contribution is -0.1000. The molecule has 2 N–H and O–H groups in total. The van der Waals surface area contributed by atoms with E-state index in [1.807, 2.05) is 0 Å². The zero-order valence-electron chi connectivity index (χ0n) is 22.4. The van der Waals surface area contributed by atoms with Gasteiger partial charge in [0.15, 0.2) is 0 Å². The predicted octanol–water partition coefficient (Wildman–Crippen LogP) is 7.70. The molecule has 2 nitrogen and oxygen atoms in total. The van der Waals surface area contributed by atoms with Crippen LogP contribution < -0.4 is 0 Å². The number of fused-ring (bicyclic) bond motifs is 5. The minimum absolute atomic E-state index is 0.0251. The minimum Gasteiger partial charge on any atom is -0.392 e. The summed E-state index contributed by atoms with van der Waals surface area (Å²) in [6.07, 6.45) is 17.2. The van der Waals surface area contributed by atoms with Gasteiger partial charge in [0, 0.05) is 11.3 Å². The van der Waals surface area contributed by atoms with Crippen LogP contribution >= 0.6 is 0 Å². The van der Waals surface area contributed by atoms with Crippen molar-refractivity contribution in [3.8, 4) is 0 Å². The number of hydrogen-bond donors (Lipinski definition) is 2. The van der Waals surface area contributed by atoms with E-state index < -0.39 is 12.2 Å². The molecule has 33 heavy (non-hydrogen) atoms. The second-order valence-corrected chi connectivity index (χ2v) is 13.3. The van der Waals surface area contributed by atoms with Crippen molar-refractivity contribution in [2.24, 2.45) is 46.3 Å². The third-order valence-corrected chi connectivity index (χ3v) is 11.0. The molecule has 0 aromatic carbocycles. The van der Waals surface area contributed by atoms with E-state index in [0.29, 0.717) is 17.3 Å². The lowest BCUT2D eigenvalue weighted by atomic mass is 9.48. The summed E-state index contributed by atoms with van der Waals surface area (Å²) in [5.74, 6) is 3.63. The number of aliphatic hydroxyl groups excluding tert-OH is 2. The van der Waals surface area contributed by atoms with Gasteiger partial charge in [0.25, 0.3) is 0 Å². The number of unbranched alkanes of at least 4 members (excludes halogenated alkanes) is 1. The maximum atomic E-state index is 11.7. The topological polar surface area (TPSA) is 40.5 Å². The van der Waals surface area contributed by atoms with Crippen LogP contribution in [0.5, 0.6) is 0 Å². The quantitative estimate of drug-likeness (QED) is 0.393. The lowest BCUT2D eigenvalue weighted by Crippen LogP contribution is -2.56. The molecule has 0 amide bonds. The molecule has 4 aliphatic rings. The van der Waals surface area contributed by atoms with Crippen molar-refractivity contribution in [2.75, 3.05) is 0 Å². The molecule has 0 aliphatic heterocycles. The molecule has 0 heterocycles. The maximum Gasteiger partial charge on any atom is 0.0689 e. The molecule has 0 aromatic rings. The highest BCUT2D eigenvalue weighted by molar-refractivity contribution is 5.40. The van der Waals surface area contributed by atoms with E-state index in [2.05, 4.69) is 53.7 Å². The van der Waals surface area contributed by atoms with Crippen molar-refractivity contribution < 1.29 is 10.2 Å². The van der Waals surface area contributed by atoms with Crippen molar-refractivity contribution in [3.63, 3.8) is 0 Å².